The van der Waals surface area contributed by atoms with Gasteiger partial charge in [0, 0.05) is 19.1 Å². The number of hydrogen-bond donors (Lipinski definition) is 3. The molecule has 5 unspecified atom stereocenters. The highest BCUT2D eigenvalue weighted by Gasteiger charge is 2.33. The quantitative estimate of drug-likeness (QED) is 0.101. The number of nitrogens with one attached hydrogen (secondary N) is 3. The SMILES string of the molecule is C=CCNC(=O)C(=O)C(CCC)NC(=O)C1CCCN1C=O.CCC(C)C(C)OC(=O)NC(C)C1CCCCC1.ClCCl. The van der Waals surface area contributed by atoms with Gasteiger partial charge >= 0.3 is 6.09 Å². The number of alkyl halides is 2. The van der Waals surface area contributed by atoms with Crippen molar-refractivity contribution in [1.29, 1.82) is 0 Å². The predicted octanol–water partition coefficient (Wildman–Crippen LogP) is 5.30. The second-order valence-electron chi connectivity index (χ2n) is 11.1. The standard InChI is InChI=1S/C15H23N3O4.C15H29NO2.CH2Cl2/c1-3-6-11(13(20)15(22)16-8-4-2)17-14(21)12-7-5-9-18(12)10-19;1-5-11(2)13(4)18-15(17)16-12(3)14-9-7-6-8-10-14;2-1-3/h4,10-12H,2-3,5-9H2,1H3,(H,16,22)(H,17,21);11-14H,5-10H2,1-4H3,(H,16,17);1H2. The Morgan fingerprint density at radius 2 is 1.63 bits per heavy atom. The summed E-state index contributed by atoms with van der Waals surface area (Å²) in [6.07, 6.45) is 11.7. The summed E-state index contributed by atoms with van der Waals surface area (Å²) >= 11 is 9.53. The van der Waals surface area contributed by atoms with Crippen LogP contribution in [0.5, 0.6) is 0 Å². The maximum absolute atomic E-state index is 12.2. The number of likely N-dealkylation sites (tertiary alicyclic amines) is 1. The number of nitrogens with zero attached hydrogens (tertiary/aromatic N) is 1. The molecule has 12 heteroatoms. The van der Waals surface area contributed by atoms with Crippen LogP contribution >= 0.6 is 23.2 Å². The molecule has 248 valence electrons. The summed E-state index contributed by atoms with van der Waals surface area (Å²) in [6, 6.07) is -1.18. The molecule has 10 nitrogen and oxygen atoms in total. The lowest BCUT2D eigenvalue weighted by molar-refractivity contribution is -0.140. The molecular formula is C31H54Cl2N4O6. The smallest absolute Gasteiger partial charge is 0.407 e. The molecule has 3 N–H and O–H groups in total. The number of carbonyl (C=O) groups is 5. The lowest BCUT2D eigenvalue weighted by Gasteiger charge is -2.29. The van der Waals surface area contributed by atoms with Crippen molar-refractivity contribution in [1.82, 2.24) is 20.9 Å². The van der Waals surface area contributed by atoms with Crippen molar-refractivity contribution in [2.24, 2.45) is 11.8 Å². The molecule has 1 saturated carbocycles. The van der Waals surface area contributed by atoms with Gasteiger partial charge < -0.3 is 25.6 Å². The Labute approximate surface area is 268 Å². The van der Waals surface area contributed by atoms with E-state index >= 15 is 0 Å². The maximum atomic E-state index is 12.2. The number of Topliss-reactive ketones (excluding diaryl/α,β-unsaturated/α-hetero) is 1. The van der Waals surface area contributed by atoms with E-state index in [2.05, 4.69) is 43.3 Å². The number of ether oxygens (including phenoxy) is 1. The molecule has 2 fully saturated rings. The van der Waals surface area contributed by atoms with Crippen LogP contribution in [0.25, 0.3) is 0 Å². The number of carbonyl (C=O) groups excluding carboxylic acids is 5. The zero-order chi connectivity index (χ0) is 32.8. The van der Waals surface area contributed by atoms with Gasteiger partial charge in [-0.1, -0.05) is 59.0 Å². The van der Waals surface area contributed by atoms with Crippen molar-refractivity contribution in [3.05, 3.63) is 12.7 Å². The number of rotatable bonds is 14. The van der Waals surface area contributed by atoms with Crippen molar-refractivity contribution in [3.63, 3.8) is 0 Å². The third kappa shape index (κ3) is 16.4. The topological polar surface area (TPSA) is 134 Å². The summed E-state index contributed by atoms with van der Waals surface area (Å²) < 4.78 is 5.41. The van der Waals surface area contributed by atoms with E-state index in [-0.39, 0.29) is 36.0 Å². The van der Waals surface area contributed by atoms with Crippen molar-refractivity contribution in [3.8, 4) is 0 Å². The Kier molecular flexibility index (Phi) is 22.7. The Hall–Kier alpha value is -2.33. The van der Waals surface area contributed by atoms with Gasteiger partial charge in [-0.25, -0.2) is 4.79 Å². The van der Waals surface area contributed by atoms with Crippen LogP contribution in [0.2, 0.25) is 0 Å². The second-order valence-corrected chi connectivity index (χ2v) is 12.0. The molecule has 0 aromatic rings. The molecule has 4 amide bonds. The van der Waals surface area contributed by atoms with Crippen LogP contribution in [0.3, 0.4) is 0 Å². The molecular weight excluding hydrogens is 595 g/mol. The minimum absolute atomic E-state index is 0.00597. The predicted molar refractivity (Wildman–Crippen MR) is 172 cm³/mol. The zero-order valence-corrected chi connectivity index (χ0v) is 28.2. The summed E-state index contributed by atoms with van der Waals surface area (Å²) in [5.74, 6) is -0.746. The Morgan fingerprint density at radius 3 is 2.16 bits per heavy atom. The Balaban J connectivity index is 0.000000763. The molecule has 0 aromatic carbocycles. The van der Waals surface area contributed by atoms with Gasteiger partial charge in [0.15, 0.2) is 0 Å². The molecule has 1 aliphatic carbocycles. The lowest BCUT2D eigenvalue weighted by atomic mass is 9.85. The average Bonchev–Trinajstić information content (AvgIpc) is 3.49. The highest BCUT2D eigenvalue weighted by Crippen LogP contribution is 2.26. The Morgan fingerprint density at radius 1 is 1.00 bits per heavy atom. The van der Waals surface area contributed by atoms with E-state index in [9.17, 15) is 24.0 Å². The summed E-state index contributed by atoms with van der Waals surface area (Å²) in [6.45, 7) is 14.4. The van der Waals surface area contributed by atoms with Crippen molar-refractivity contribution >= 4 is 53.3 Å². The second kappa shape index (κ2) is 24.0. The third-order valence-corrected chi connectivity index (χ3v) is 8.01. The van der Waals surface area contributed by atoms with Crippen LogP contribution in [0, 0.1) is 11.8 Å². The number of amides is 4. The fourth-order valence-electron chi connectivity index (χ4n) is 5.02. The van der Waals surface area contributed by atoms with Crippen LogP contribution in [0.4, 0.5) is 4.79 Å². The van der Waals surface area contributed by atoms with Gasteiger partial charge in [-0.05, 0) is 57.8 Å². The molecule has 1 aliphatic heterocycles. The van der Waals surface area contributed by atoms with Crippen LogP contribution in [-0.2, 0) is 23.9 Å². The van der Waals surface area contributed by atoms with E-state index in [4.69, 9.17) is 27.9 Å². The maximum Gasteiger partial charge on any atom is 0.407 e. The summed E-state index contributed by atoms with van der Waals surface area (Å²) in [7, 11) is 0. The molecule has 0 spiro atoms. The Bertz CT molecular complexity index is 856. The van der Waals surface area contributed by atoms with Gasteiger partial charge in [-0.15, -0.1) is 29.8 Å². The molecule has 5 atom stereocenters. The van der Waals surface area contributed by atoms with E-state index < -0.39 is 23.8 Å². The summed E-state index contributed by atoms with van der Waals surface area (Å²) in [4.78, 5) is 60.2. The minimum Gasteiger partial charge on any atom is -0.446 e. The number of halogens is 2. The van der Waals surface area contributed by atoms with E-state index in [0.29, 0.717) is 44.1 Å². The number of ketones is 1. The van der Waals surface area contributed by atoms with Crippen molar-refractivity contribution < 1.29 is 28.7 Å². The molecule has 2 aliphatic rings. The first-order valence-corrected chi connectivity index (χ1v) is 16.6. The number of alkyl carbamates (subject to hydrolysis) is 1. The number of hydrogen-bond acceptors (Lipinski definition) is 6. The first kappa shape index (κ1) is 40.7. The molecule has 1 saturated heterocycles. The van der Waals surface area contributed by atoms with Crippen molar-refractivity contribution in [2.75, 3.05) is 18.4 Å². The van der Waals surface area contributed by atoms with Gasteiger partial charge in [-0.2, -0.15) is 0 Å². The van der Waals surface area contributed by atoms with Gasteiger partial charge in [0.2, 0.25) is 18.1 Å². The van der Waals surface area contributed by atoms with Crippen LogP contribution in [0.15, 0.2) is 12.7 Å². The zero-order valence-electron chi connectivity index (χ0n) is 26.7. The van der Waals surface area contributed by atoms with Crippen LogP contribution < -0.4 is 16.0 Å². The van der Waals surface area contributed by atoms with E-state index in [0.717, 1.165) is 12.8 Å². The first-order valence-electron chi connectivity index (χ1n) is 15.5. The molecule has 0 aromatic heterocycles. The fourth-order valence-corrected chi connectivity index (χ4v) is 5.02. The minimum atomic E-state index is -0.864. The molecule has 43 heavy (non-hydrogen) atoms. The van der Waals surface area contributed by atoms with Gasteiger partial charge in [0.1, 0.15) is 12.1 Å². The highest BCUT2D eigenvalue weighted by molar-refractivity contribution is 6.40. The van der Waals surface area contributed by atoms with Gasteiger partial charge in [-0.3, -0.25) is 19.2 Å². The third-order valence-electron chi connectivity index (χ3n) is 8.01. The van der Waals surface area contributed by atoms with Crippen molar-refractivity contribution in [2.45, 2.75) is 123 Å². The normalized spacial score (nSPS) is 19.0. The van der Waals surface area contributed by atoms with Crippen LogP contribution in [-0.4, -0.2) is 77.7 Å². The highest BCUT2D eigenvalue weighted by atomic mass is 35.5. The lowest BCUT2D eigenvalue weighted by Crippen LogP contribution is -2.52. The first-order chi connectivity index (χ1) is 20.5. The van der Waals surface area contributed by atoms with Crippen LogP contribution in [0.1, 0.15) is 98.8 Å². The van der Waals surface area contributed by atoms with Gasteiger partial charge in [0.25, 0.3) is 5.91 Å². The molecule has 2 rings (SSSR count). The van der Waals surface area contributed by atoms with E-state index in [1.165, 1.54) is 43.1 Å². The largest absolute Gasteiger partial charge is 0.446 e. The molecule has 1 heterocycles. The van der Waals surface area contributed by atoms with Gasteiger partial charge in [0.05, 0.1) is 11.4 Å². The monoisotopic (exact) mass is 648 g/mol. The summed E-state index contributed by atoms with van der Waals surface area (Å²) in [5.41, 5.74) is 0. The fraction of sp³-hybridized carbons (Fsp3) is 0.774. The molecule has 0 bridgehead atoms. The molecule has 0 radical (unpaired) electrons. The van der Waals surface area contributed by atoms with E-state index in [1.807, 2.05) is 13.8 Å². The average molecular weight is 650 g/mol. The van der Waals surface area contributed by atoms with E-state index in [1.54, 1.807) is 0 Å². The summed E-state index contributed by atoms with van der Waals surface area (Å²) in [5, 5.41) is 8.21.